The first-order chi connectivity index (χ1) is 9.07. The zero-order valence-electron chi connectivity index (χ0n) is 10.3. The number of piperazine rings is 1. The van der Waals surface area contributed by atoms with Gasteiger partial charge in [0, 0.05) is 38.6 Å². The Morgan fingerprint density at radius 3 is 1.80 bits per heavy atom. The first kappa shape index (κ1) is 17.4. The zero-order valence-corrected chi connectivity index (χ0v) is 11.0. The molecule has 0 aromatic rings. The van der Waals surface area contributed by atoms with E-state index in [1.165, 1.54) is 0 Å². The Balaban J connectivity index is 2.73. The fourth-order valence-corrected chi connectivity index (χ4v) is 2.20. The van der Waals surface area contributed by atoms with Crippen LogP contribution in [0, 0.1) is 5.92 Å². The van der Waals surface area contributed by atoms with Gasteiger partial charge in [0.25, 0.3) is 0 Å². The molecule has 1 rings (SSSR count). The first-order valence-corrected chi connectivity index (χ1v) is 6.31. The molecule has 1 fully saturated rings. The Morgan fingerprint density at radius 1 is 1.00 bits per heavy atom. The standard InChI is InChI=1S/C10H13ClF6N2O/c11-1-2-18-3-5-19(6-4-18)8(20)7(9(12,13)14)10(15,16)17/h7H,1-6H2. The summed E-state index contributed by atoms with van der Waals surface area (Å²) < 4.78 is 74.5. The van der Waals surface area contributed by atoms with Crippen molar-refractivity contribution >= 4 is 17.5 Å². The van der Waals surface area contributed by atoms with Crippen molar-refractivity contribution < 1.29 is 31.1 Å². The van der Waals surface area contributed by atoms with Crippen LogP contribution in [0.4, 0.5) is 26.3 Å². The molecule has 0 spiro atoms. The van der Waals surface area contributed by atoms with Crippen LogP contribution in [0.5, 0.6) is 0 Å². The molecule has 1 saturated heterocycles. The highest BCUT2D eigenvalue weighted by atomic mass is 35.5. The number of carbonyl (C=O) groups excluding carboxylic acids is 1. The Bertz CT molecular complexity index is 324. The predicted octanol–water partition coefficient (Wildman–Crippen LogP) is 2.11. The number of amides is 1. The molecule has 1 amide bonds. The number of alkyl halides is 7. The third-order valence-electron chi connectivity index (χ3n) is 2.99. The van der Waals surface area contributed by atoms with Gasteiger partial charge in [-0.3, -0.25) is 9.69 Å². The molecule has 20 heavy (non-hydrogen) atoms. The molecule has 0 atom stereocenters. The van der Waals surface area contributed by atoms with Crippen molar-refractivity contribution in [3.63, 3.8) is 0 Å². The Kier molecular flexibility index (Phi) is 5.54. The summed E-state index contributed by atoms with van der Waals surface area (Å²) in [5, 5.41) is 0. The molecular weight excluding hydrogens is 314 g/mol. The maximum atomic E-state index is 12.4. The van der Waals surface area contributed by atoms with Crippen LogP contribution >= 0.6 is 11.6 Å². The average molecular weight is 327 g/mol. The average Bonchev–Trinajstić information content (AvgIpc) is 2.26. The predicted molar refractivity (Wildman–Crippen MR) is 59.3 cm³/mol. The van der Waals surface area contributed by atoms with Gasteiger partial charge in [-0.05, 0) is 0 Å². The molecular formula is C10H13ClF6N2O. The van der Waals surface area contributed by atoms with Gasteiger partial charge in [-0.15, -0.1) is 11.6 Å². The molecule has 0 aromatic heterocycles. The van der Waals surface area contributed by atoms with Gasteiger partial charge >= 0.3 is 12.4 Å². The van der Waals surface area contributed by atoms with E-state index in [0.29, 0.717) is 17.3 Å². The van der Waals surface area contributed by atoms with Crippen molar-refractivity contribution in [1.82, 2.24) is 9.80 Å². The smallest absolute Gasteiger partial charge is 0.339 e. The van der Waals surface area contributed by atoms with Gasteiger partial charge in [-0.25, -0.2) is 0 Å². The summed E-state index contributed by atoms with van der Waals surface area (Å²) in [6.07, 6.45) is -11.3. The van der Waals surface area contributed by atoms with E-state index in [-0.39, 0.29) is 26.2 Å². The number of rotatable bonds is 3. The van der Waals surface area contributed by atoms with E-state index in [0.717, 1.165) is 0 Å². The molecule has 0 bridgehead atoms. The van der Waals surface area contributed by atoms with Crippen molar-refractivity contribution in [1.29, 1.82) is 0 Å². The normalized spacial score (nSPS) is 18.7. The fourth-order valence-electron chi connectivity index (χ4n) is 1.96. The molecule has 118 valence electrons. The van der Waals surface area contributed by atoms with Crippen LogP contribution in [0.2, 0.25) is 0 Å². The highest BCUT2D eigenvalue weighted by Crippen LogP contribution is 2.40. The highest BCUT2D eigenvalue weighted by Gasteiger charge is 2.62. The van der Waals surface area contributed by atoms with Gasteiger partial charge in [0.1, 0.15) is 0 Å². The van der Waals surface area contributed by atoms with E-state index >= 15 is 0 Å². The van der Waals surface area contributed by atoms with Crippen molar-refractivity contribution in [2.24, 2.45) is 5.92 Å². The van der Waals surface area contributed by atoms with Gasteiger partial charge in [-0.1, -0.05) is 0 Å². The molecule has 0 aromatic carbocycles. The van der Waals surface area contributed by atoms with Crippen LogP contribution in [0.15, 0.2) is 0 Å². The van der Waals surface area contributed by atoms with Crippen LogP contribution in [-0.2, 0) is 4.79 Å². The monoisotopic (exact) mass is 326 g/mol. The highest BCUT2D eigenvalue weighted by molar-refractivity contribution is 6.18. The minimum absolute atomic E-state index is 0.168. The summed E-state index contributed by atoms with van der Waals surface area (Å²) in [7, 11) is 0. The van der Waals surface area contributed by atoms with Gasteiger partial charge in [0.2, 0.25) is 11.8 Å². The van der Waals surface area contributed by atoms with Gasteiger partial charge in [0.05, 0.1) is 0 Å². The lowest BCUT2D eigenvalue weighted by atomic mass is 10.1. The number of nitrogens with zero attached hydrogens (tertiary/aromatic N) is 2. The Labute approximate surface area is 116 Å². The molecule has 0 radical (unpaired) electrons. The molecule has 1 aliphatic rings. The number of carbonyl (C=O) groups is 1. The van der Waals surface area contributed by atoms with Crippen LogP contribution in [0.3, 0.4) is 0 Å². The Morgan fingerprint density at radius 2 is 1.45 bits per heavy atom. The summed E-state index contributed by atoms with van der Waals surface area (Å²) in [5.74, 6) is -5.58. The molecule has 0 saturated carbocycles. The SMILES string of the molecule is O=C(C(C(F)(F)F)C(F)(F)F)N1CCN(CCCl)CC1. The lowest BCUT2D eigenvalue weighted by Gasteiger charge is -2.36. The summed E-state index contributed by atoms with van der Waals surface area (Å²) >= 11 is 5.48. The van der Waals surface area contributed by atoms with E-state index in [4.69, 9.17) is 11.6 Å². The van der Waals surface area contributed by atoms with Crippen molar-refractivity contribution in [3.05, 3.63) is 0 Å². The molecule has 0 N–H and O–H groups in total. The second-order valence-corrected chi connectivity index (χ2v) is 4.75. The summed E-state index contributed by atoms with van der Waals surface area (Å²) in [6.45, 7) is 0.560. The van der Waals surface area contributed by atoms with E-state index < -0.39 is 24.2 Å². The van der Waals surface area contributed by atoms with Crippen molar-refractivity contribution in [3.8, 4) is 0 Å². The Hall–Kier alpha value is -0.700. The lowest BCUT2D eigenvalue weighted by Crippen LogP contribution is -2.55. The second kappa shape index (κ2) is 6.38. The lowest BCUT2D eigenvalue weighted by molar-refractivity contribution is -0.277. The second-order valence-electron chi connectivity index (χ2n) is 4.37. The minimum atomic E-state index is -5.64. The first-order valence-electron chi connectivity index (χ1n) is 5.78. The zero-order chi connectivity index (χ0) is 15.6. The molecule has 1 heterocycles. The van der Waals surface area contributed by atoms with Crippen molar-refractivity contribution in [2.45, 2.75) is 12.4 Å². The third-order valence-corrected chi connectivity index (χ3v) is 3.16. The summed E-state index contributed by atoms with van der Waals surface area (Å²) in [5.41, 5.74) is 0. The van der Waals surface area contributed by atoms with Gasteiger partial charge in [0.15, 0.2) is 0 Å². The van der Waals surface area contributed by atoms with Crippen LogP contribution in [0.1, 0.15) is 0 Å². The summed E-state index contributed by atoms with van der Waals surface area (Å²) in [6, 6.07) is 0. The minimum Gasteiger partial charge on any atom is -0.339 e. The topological polar surface area (TPSA) is 23.6 Å². The van der Waals surface area contributed by atoms with E-state index in [1.54, 1.807) is 4.90 Å². The van der Waals surface area contributed by atoms with E-state index in [2.05, 4.69) is 0 Å². The fraction of sp³-hybridized carbons (Fsp3) is 0.900. The van der Waals surface area contributed by atoms with Gasteiger partial charge < -0.3 is 4.90 Å². The van der Waals surface area contributed by atoms with Crippen molar-refractivity contribution in [2.75, 3.05) is 38.6 Å². The maximum absolute atomic E-state index is 12.4. The molecule has 10 heteroatoms. The van der Waals surface area contributed by atoms with E-state index in [1.807, 2.05) is 0 Å². The van der Waals surface area contributed by atoms with Gasteiger partial charge in [-0.2, -0.15) is 26.3 Å². The van der Waals surface area contributed by atoms with E-state index in [9.17, 15) is 31.1 Å². The molecule has 3 nitrogen and oxygen atoms in total. The third kappa shape index (κ3) is 4.41. The number of halogens is 7. The number of hydrogen-bond acceptors (Lipinski definition) is 2. The van der Waals surface area contributed by atoms with Crippen LogP contribution in [0.25, 0.3) is 0 Å². The number of hydrogen-bond donors (Lipinski definition) is 0. The maximum Gasteiger partial charge on any atom is 0.409 e. The molecule has 0 unspecified atom stereocenters. The van der Waals surface area contributed by atoms with Crippen LogP contribution in [-0.4, -0.2) is 66.7 Å². The molecule has 0 aliphatic carbocycles. The van der Waals surface area contributed by atoms with Crippen LogP contribution < -0.4 is 0 Å². The quantitative estimate of drug-likeness (QED) is 0.586. The summed E-state index contributed by atoms with van der Waals surface area (Å²) in [4.78, 5) is 13.9. The molecule has 1 aliphatic heterocycles. The largest absolute Gasteiger partial charge is 0.409 e.